The Morgan fingerprint density at radius 3 is 2.71 bits per heavy atom. The van der Waals surface area contributed by atoms with Crippen molar-refractivity contribution in [3.8, 4) is 0 Å². The molecule has 4 aromatic rings. The summed E-state index contributed by atoms with van der Waals surface area (Å²) in [6.45, 7) is 19.4. The molecule has 0 spiro atoms. The Hall–Kier alpha value is -5.22. The van der Waals surface area contributed by atoms with E-state index in [1.807, 2.05) is 18.8 Å². The number of piperidine rings is 2. The summed E-state index contributed by atoms with van der Waals surface area (Å²) in [4.78, 5) is 14.0. The predicted molar refractivity (Wildman–Crippen MR) is 217 cm³/mol. The van der Waals surface area contributed by atoms with Crippen LogP contribution >= 0.6 is 11.6 Å². The summed E-state index contributed by atoms with van der Waals surface area (Å²) in [5.74, 6) is 1.89. The molecule has 5 heterocycles. The third-order valence-electron chi connectivity index (χ3n) is 10.6. The van der Waals surface area contributed by atoms with Crippen LogP contribution in [0.3, 0.4) is 0 Å². The van der Waals surface area contributed by atoms with Gasteiger partial charge in [0.2, 0.25) is 5.95 Å². The maximum atomic E-state index is 6.66. The van der Waals surface area contributed by atoms with E-state index in [9.17, 15) is 0 Å². The number of hydrogen-bond donors (Lipinski definition) is 4. The van der Waals surface area contributed by atoms with Gasteiger partial charge in [-0.3, -0.25) is 4.68 Å². The lowest BCUT2D eigenvalue weighted by Crippen LogP contribution is -2.39. The molecule has 52 heavy (non-hydrogen) atoms. The van der Waals surface area contributed by atoms with E-state index in [4.69, 9.17) is 21.7 Å². The Kier molecular flexibility index (Phi) is 10.0. The molecule has 0 aliphatic carbocycles. The molecule has 2 atom stereocenters. The van der Waals surface area contributed by atoms with Crippen LogP contribution in [0.4, 0.5) is 28.8 Å². The van der Waals surface area contributed by atoms with Crippen LogP contribution in [0, 0.1) is 5.92 Å². The van der Waals surface area contributed by atoms with Crippen molar-refractivity contribution in [2.24, 2.45) is 13.0 Å². The molecular weight excluding hydrogens is 668 g/mol. The second kappa shape index (κ2) is 14.8. The monoisotopic (exact) mass is 716 g/mol. The number of anilines is 5. The average Bonchev–Trinajstić information content (AvgIpc) is 3.47. The van der Waals surface area contributed by atoms with Gasteiger partial charge >= 0.3 is 0 Å². The van der Waals surface area contributed by atoms with Gasteiger partial charge in [-0.1, -0.05) is 37.9 Å². The van der Waals surface area contributed by atoms with Crippen molar-refractivity contribution >= 4 is 57.4 Å². The lowest BCUT2D eigenvalue weighted by Gasteiger charge is -2.33. The normalized spacial score (nSPS) is 18.9. The highest BCUT2D eigenvalue weighted by atomic mass is 35.5. The van der Waals surface area contributed by atoms with Crippen molar-refractivity contribution in [3.63, 3.8) is 0 Å². The number of halogens is 1. The first kappa shape index (κ1) is 35.2. The number of aryl methyl sites for hydroxylation is 1. The van der Waals surface area contributed by atoms with Gasteiger partial charge in [0.1, 0.15) is 5.02 Å². The number of likely N-dealkylation sites (N-methyl/N-ethyl adjacent to an activating group) is 1. The van der Waals surface area contributed by atoms with Crippen LogP contribution < -0.4 is 31.1 Å². The molecule has 0 saturated carbocycles. The summed E-state index contributed by atoms with van der Waals surface area (Å²) in [5, 5.41) is 20.2. The van der Waals surface area contributed by atoms with E-state index in [-0.39, 0.29) is 5.92 Å². The summed E-state index contributed by atoms with van der Waals surface area (Å²) in [7, 11) is 5.98. The van der Waals surface area contributed by atoms with E-state index in [0.717, 1.165) is 115 Å². The molecule has 2 aromatic heterocycles. The summed E-state index contributed by atoms with van der Waals surface area (Å²) >= 11 is 6.66. The first-order valence-corrected chi connectivity index (χ1v) is 18.5. The zero-order chi connectivity index (χ0) is 36.5. The number of hydrogen-bond acceptors (Lipinski definition) is 9. The minimum atomic E-state index is 0.179. The Morgan fingerprint density at radius 1 is 1.08 bits per heavy atom. The highest BCUT2D eigenvalue weighted by Crippen LogP contribution is 2.39. The van der Waals surface area contributed by atoms with Crippen LogP contribution in [0.5, 0.6) is 0 Å². The Bertz CT molecular complexity index is 2090. The van der Waals surface area contributed by atoms with E-state index in [1.165, 1.54) is 11.0 Å². The fraction of sp³-hybridized carbons (Fsp3) is 0.341. The third-order valence-corrected chi connectivity index (χ3v) is 10.9. The van der Waals surface area contributed by atoms with Gasteiger partial charge < -0.3 is 31.1 Å². The van der Waals surface area contributed by atoms with Gasteiger partial charge in [-0.05, 0) is 92.5 Å². The van der Waals surface area contributed by atoms with Gasteiger partial charge in [0, 0.05) is 97.5 Å². The molecule has 0 bridgehead atoms. The third kappa shape index (κ3) is 7.25. The van der Waals surface area contributed by atoms with Crippen LogP contribution in [0.25, 0.3) is 17.0 Å². The summed E-state index contributed by atoms with van der Waals surface area (Å²) < 4.78 is 1.98. The highest BCUT2D eigenvalue weighted by Gasteiger charge is 2.27. The van der Waals surface area contributed by atoms with E-state index in [0.29, 0.717) is 22.7 Å². The summed E-state index contributed by atoms with van der Waals surface area (Å²) in [5.41, 5.74) is 11.6. The van der Waals surface area contributed by atoms with E-state index >= 15 is 0 Å². The standard InChI is InChI=1S/C41H49ClN10/c1-25(43-5)10-12-30-19-31-20-33(14-17-37(31)50(6)28(30)4)47-40-36(42)23-45-41(48-40)52-18-8-9-29(24-52)22-44-32-13-16-35-38(21-32)51(7)49-39(35)34-15-11-26(2)46-27(34)3/h13-14,16-17,19-21,23,29,34,43-44,46H,1-4,8-12,15,18,22,24H2,5-7H3,(H,45,47,48). The molecule has 0 amide bonds. The number of benzene rings is 2. The quantitative estimate of drug-likeness (QED) is 0.122. The second-order valence-electron chi connectivity index (χ2n) is 14.2. The molecule has 270 valence electrons. The Morgan fingerprint density at radius 2 is 1.90 bits per heavy atom. The molecule has 3 aliphatic heterocycles. The molecule has 7 rings (SSSR count). The smallest absolute Gasteiger partial charge is 0.227 e. The van der Waals surface area contributed by atoms with E-state index in [2.05, 4.69) is 112 Å². The highest BCUT2D eigenvalue weighted by molar-refractivity contribution is 6.32. The Labute approximate surface area is 312 Å². The minimum Gasteiger partial charge on any atom is -0.392 e. The zero-order valence-corrected chi connectivity index (χ0v) is 31.3. The molecule has 10 nitrogen and oxygen atoms in total. The minimum absolute atomic E-state index is 0.179. The maximum absolute atomic E-state index is 6.66. The molecular formula is C41H49ClN10. The molecule has 2 aromatic carbocycles. The number of aromatic nitrogens is 4. The number of fused-ring (bicyclic) bond motifs is 2. The van der Waals surface area contributed by atoms with Gasteiger partial charge in [-0.15, -0.1) is 0 Å². The molecule has 11 heteroatoms. The number of nitrogens with one attached hydrogen (secondary N) is 4. The van der Waals surface area contributed by atoms with Gasteiger partial charge in [-0.25, -0.2) is 4.98 Å². The number of allylic oxidation sites excluding steroid dienone is 4. The first-order valence-electron chi connectivity index (χ1n) is 18.1. The van der Waals surface area contributed by atoms with Crippen molar-refractivity contribution in [2.75, 3.05) is 54.2 Å². The molecule has 4 N–H and O–H groups in total. The van der Waals surface area contributed by atoms with Crippen molar-refractivity contribution in [3.05, 3.63) is 114 Å². The van der Waals surface area contributed by atoms with Crippen LogP contribution in [0.1, 0.15) is 55.7 Å². The molecule has 0 radical (unpaired) electrons. The van der Waals surface area contributed by atoms with Gasteiger partial charge in [0.05, 0.1) is 17.4 Å². The van der Waals surface area contributed by atoms with Crippen LogP contribution in [0.2, 0.25) is 5.02 Å². The number of rotatable bonds is 11. The van der Waals surface area contributed by atoms with Crippen molar-refractivity contribution in [1.29, 1.82) is 0 Å². The number of nitrogens with zero attached hydrogens (tertiary/aromatic N) is 6. The van der Waals surface area contributed by atoms with Crippen LogP contribution in [-0.4, -0.2) is 53.5 Å². The first-order chi connectivity index (χ1) is 25.1. The largest absolute Gasteiger partial charge is 0.392 e. The second-order valence-corrected chi connectivity index (χ2v) is 14.6. The van der Waals surface area contributed by atoms with Crippen LogP contribution in [0.15, 0.2) is 97.3 Å². The average molecular weight is 717 g/mol. The van der Waals surface area contributed by atoms with Crippen molar-refractivity contribution in [1.82, 2.24) is 30.4 Å². The van der Waals surface area contributed by atoms with Gasteiger partial charge in [0.25, 0.3) is 0 Å². The van der Waals surface area contributed by atoms with E-state index < -0.39 is 0 Å². The van der Waals surface area contributed by atoms with Crippen LogP contribution in [-0.2, 0) is 7.05 Å². The summed E-state index contributed by atoms with van der Waals surface area (Å²) in [6.07, 6.45) is 9.73. The molecule has 2 fully saturated rings. The predicted octanol–water partition coefficient (Wildman–Crippen LogP) is 8.44. The maximum Gasteiger partial charge on any atom is 0.227 e. The molecule has 2 saturated heterocycles. The van der Waals surface area contributed by atoms with Crippen molar-refractivity contribution in [2.45, 2.75) is 44.4 Å². The van der Waals surface area contributed by atoms with Gasteiger partial charge in [0.15, 0.2) is 5.82 Å². The fourth-order valence-corrected chi connectivity index (χ4v) is 7.68. The fourth-order valence-electron chi connectivity index (χ4n) is 7.55. The van der Waals surface area contributed by atoms with Gasteiger partial charge in [-0.2, -0.15) is 10.1 Å². The lowest BCUT2D eigenvalue weighted by molar-refractivity contribution is 0.428. The topological polar surface area (TPSA) is 98.2 Å². The lowest BCUT2D eigenvalue weighted by atomic mass is 9.90. The zero-order valence-electron chi connectivity index (χ0n) is 30.5. The summed E-state index contributed by atoms with van der Waals surface area (Å²) in [6, 6.07) is 12.9. The SMILES string of the molecule is C=C(CCC1=Cc2cc(Nc3nc(N4CCCC(CNc5ccc6c(C7CCC(=C)NC7=C)nn(C)c6c5)C4)ncc3Cl)ccc2N(C)C1=C)NC. The Balaban J connectivity index is 1.01. The van der Waals surface area contributed by atoms with Crippen molar-refractivity contribution < 1.29 is 0 Å². The molecule has 2 unspecified atom stereocenters. The van der Waals surface area contributed by atoms with E-state index in [1.54, 1.807) is 6.20 Å². The molecule has 3 aliphatic rings.